The van der Waals surface area contributed by atoms with E-state index in [1.54, 1.807) is 27.7 Å². The van der Waals surface area contributed by atoms with Crippen LogP contribution in [0.4, 0.5) is 4.79 Å². The molecule has 3 atom stereocenters. The Morgan fingerprint density at radius 2 is 1.64 bits per heavy atom. The van der Waals surface area contributed by atoms with E-state index in [0.717, 1.165) is 0 Å². The Balaban J connectivity index is 4.44. The van der Waals surface area contributed by atoms with E-state index >= 15 is 0 Å². The number of nitrogens with one attached hydrogen (secondary N) is 3. The van der Waals surface area contributed by atoms with Crippen LogP contribution in [0.2, 0.25) is 0 Å². The average molecular weight is 358 g/mol. The molecule has 0 bridgehead atoms. The van der Waals surface area contributed by atoms with E-state index in [1.165, 1.54) is 6.92 Å². The van der Waals surface area contributed by atoms with Gasteiger partial charge in [-0.25, -0.2) is 4.79 Å². The summed E-state index contributed by atoms with van der Waals surface area (Å²) in [6.45, 7) is 9.90. The Morgan fingerprint density at radius 1 is 1.08 bits per heavy atom. The molecule has 0 aliphatic heterocycles. The monoisotopic (exact) mass is 358 g/mol. The summed E-state index contributed by atoms with van der Waals surface area (Å²) < 4.78 is 5.00. The third kappa shape index (κ3) is 9.53. The lowest BCUT2D eigenvalue weighted by atomic mass is 9.98. The van der Waals surface area contributed by atoms with Crippen molar-refractivity contribution in [1.29, 1.82) is 0 Å². The fourth-order valence-electron chi connectivity index (χ4n) is 1.83. The van der Waals surface area contributed by atoms with Crippen LogP contribution in [0, 0.1) is 5.92 Å². The van der Waals surface area contributed by atoms with E-state index in [1.807, 2.05) is 6.92 Å². The van der Waals surface area contributed by atoms with Crippen LogP contribution in [-0.4, -0.2) is 48.0 Å². The van der Waals surface area contributed by atoms with E-state index in [-0.39, 0.29) is 12.5 Å². The fraction of sp³-hybridized carbons (Fsp3) is 0.750. The van der Waals surface area contributed by atoms with E-state index in [9.17, 15) is 19.2 Å². The van der Waals surface area contributed by atoms with Gasteiger partial charge in [0.05, 0.1) is 0 Å². The molecule has 4 amide bonds. The van der Waals surface area contributed by atoms with Crippen molar-refractivity contribution in [2.24, 2.45) is 11.7 Å². The molecular weight excluding hydrogens is 328 g/mol. The Morgan fingerprint density at radius 3 is 2.08 bits per heavy atom. The summed E-state index contributed by atoms with van der Waals surface area (Å²) in [7, 11) is 0. The third-order valence-electron chi connectivity index (χ3n) is 3.38. The normalized spacial score (nSPS) is 14.6. The van der Waals surface area contributed by atoms with E-state index in [0.29, 0.717) is 6.42 Å². The minimum atomic E-state index is -0.890. The molecule has 0 aromatic carbocycles. The van der Waals surface area contributed by atoms with Gasteiger partial charge in [-0.2, -0.15) is 0 Å². The quantitative estimate of drug-likeness (QED) is 0.485. The summed E-state index contributed by atoms with van der Waals surface area (Å²) in [6, 6.07) is -1.70. The molecule has 0 unspecified atom stereocenters. The third-order valence-corrected chi connectivity index (χ3v) is 3.38. The Bertz CT molecular complexity index is 501. The molecule has 0 fully saturated rings. The summed E-state index contributed by atoms with van der Waals surface area (Å²) >= 11 is 0. The molecule has 5 N–H and O–H groups in total. The van der Waals surface area contributed by atoms with Crippen LogP contribution in [0.25, 0.3) is 0 Å². The lowest BCUT2D eigenvalue weighted by Gasteiger charge is -2.23. The molecule has 0 aliphatic carbocycles. The number of carbonyl (C=O) groups excluding carboxylic acids is 4. The number of carbonyl (C=O) groups is 4. The van der Waals surface area contributed by atoms with Gasteiger partial charge in [-0.1, -0.05) is 20.3 Å². The van der Waals surface area contributed by atoms with Gasteiger partial charge in [0.15, 0.2) is 0 Å². The van der Waals surface area contributed by atoms with Crippen molar-refractivity contribution >= 4 is 23.8 Å². The highest BCUT2D eigenvalue weighted by atomic mass is 16.6. The van der Waals surface area contributed by atoms with E-state index in [4.69, 9.17) is 10.5 Å². The molecule has 0 aliphatic rings. The summed E-state index contributed by atoms with van der Waals surface area (Å²) in [5.74, 6) is -1.85. The predicted octanol–water partition coefficient (Wildman–Crippen LogP) is 0.0320. The van der Waals surface area contributed by atoms with Crippen molar-refractivity contribution in [3.63, 3.8) is 0 Å². The summed E-state index contributed by atoms with van der Waals surface area (Å²) in [5.41, 5.74) is 4.62. The number of hydrogen-bond donors (Lipinski definition) is 4. The molecular formula is C16H30N4O5. The van der Waals surface area contributed by atoms with Gasteiger partial charge in [0.2, 0.25) is 17.7 Å². The van der Waals surface area contributed by atoms with Crippen LogP contribution in [0.1, 0.15) is 48.0 Å². The number of primary amides is 1. The fourth-order valence-corrected chi connectivity index (χ4v) is 1.83. The zero-order chi connectivity index (χ0) is 19.8. The number of amides is 4. The zero-order valence-electron chi connectivity index (χ0n) is 15.8. The van der Waals surface area contributed by atoms with Crippen LogP contribution in [-0.2, 0) is 19.1 Å². The molecule has 0 heterocycles. The molecule has 0 spiro atoms. The van der Waals surface area contributed by atoms with Gasteiger partial charge < -0.3 is 26.4 Å². The summed E-state index contributed by atoms with van der Waals surface area (Å²) in [6.07, 6.45) is -0.0700. The predicted molar refractivity (Wildman–Crippen MR) is 92.4 cm³/mol. The Kier molecular flexibility index (Phi) is 8.94. The van der Waals surface area contributed by atoms with Crippen LogP contribution < -0.4 is 21.7 Å². The first kappa shape index (κ1) is 22.7. The largest absolute Gasteiger partial charge is 0.444 e. The maximum absolute atomic E-state index is 12.1. The van der Waals surface area contributed by atoms with Gasteiger partial charge in [0.1, 0.15) is 24.2 Å². The average Bonchev–Trinajstić information content (AvgIpc) is 2.47. The summed E-state index contributed by atoms with van der Waals surface area (Å²) in [5, 5.41) is 7.24. The first-order valence-electron chi connectivity index (χ1n) is 8.23. The Labute approximate surface area is 148 Å². The molecule has 0 aromatic heterocycles. The second kappa shape index (κ2) is 9.85. The highest BCUT2D eigenvalue weighted by Gasteiger charge is 2.26. The first-order chi connectivity index (χ1) is 11.4. The van der Waals surface area contributed by atoms with Crippen LogP contribution >= 0.6 is 0 Å². The number of rotatable bonds is 8. The SMILES string of the molecule is CC[C@@H](C)[C@H](NC(=O)[C@@H](C)NC(=O)CNC(=O)OC(C)(C)C)C(N)=O. The van der Waals surface area contributed by atoms with Crippen molar-refractivity contribution in [2.45, 2.75) is 65.6 Å². The van der Waals surface area contributed by atoms with Gasteiger partial charge in [-0.05, 0) is 33.6 Å². The maximum Gasteiger partial charge on any atom is 0.408 e. The van der Waals surface area contributed by atoms with Crippen LogP contribution in [0.5, 0.6) is 0 Å². The molecule has 25 heavy (non-hydrogen) atoms. The van der Waals surface area contributed by atoms with Gasteiger partial charge in [0, 0.05) is 0 Å². The highest BCUT2D eigenvalue weighted by Crippen LogP contribution is 2.07. The first-order valence-corrected chi connectivity index (χ1v) is 8.23. The minimum absolute atomic E-state index is 0.127. The molecule has 144 valence electrons. The molecule has 0 saturated carbocycles. The smallest absolute Gasteiger partial charge is 0.408 e. The van der Waals surface area contributed by atoms with Gasteiger partial charge in [0.25, 0.3) is 0 Å². The second-order valence-electron chi connectivity index (χ2n) is 6.92. The number of nitrogens with two attached hydrogens (primary N) is 1. The maximum atomic E-state index is 12.1. The zero-order valence-corrected chi connectivity index (χ0v) is 15.8. The van der Waals surface area contributed by atoms with Crippen LogP contribution in [0.15, 0.2) is 0 Å². The van der Waals surface area contributed by atoms with E-state index in [2.05, 4.69) is 16.0 Å². The van der Waals surface area contributed by atoms with Crippen molar-refractivity contribution in [1.82, 2.24) is 16.0 Å². The summed E-state index contributed by atoms with van der Waals surface area (Å²) in [4.78, 5) is 46.8. The van der Waals surface area contributed by atoms with Gasteiger partial charge in [-0.3, -0.25) is 14.4 Å². The Hall–Kier alpha value is -2.32. The van der Waals surface area contributed by atoms with Crippen molar-refractivity contribution in [2.75, 3.05) is 6.54 Å². The lowest BCUT2D eigenvalue weighted by Crippen LogP contribution is -2.54. The number of alkyl carbamates (subject to hydrolysis) is 1. The molecule has 9 heteroatoms. The number of ether oxygens (including phenoxy) is 1. The van der Waals surface area contributed by atoms with Crippen LogP contribution in [0.3, 0.4) is 0 Å². The van der Waals surface area contributed by atoms with Gasteiger partial charge >= 0.3 is 6.09 Å². The van der Waals surface area contributed by atoms with E-state index < -0.39 is 41.5 Å². The standard InChI is InChI=1S/C16H30N4O5/c1-7-9(2)12(13(17)22)20-14(23)10(3)19-11(21)8-18-15(24)25-16(4,5)6/h9-10,12H,7-8H2,1-6H3,(H2,17,22)(H,18,24)(H,19,21)(H,20,23)/t9-,10-,12+/m1/s1. The molecule has 9 nitrogen and oxygen atoms in total. The van der Waals surface area contributed by atoms with Crippen molar-refractivity contribution in [3.8, 4) is 0 Å². The molecule has 0 radical (unpaired) electrons. The second-order valence-corrected chi connectivity index (χ2v) is 6.92. The topological polar surface area (TPSA) is 140 Å². The minimum Gasteiger partial charge on any atom is -0.444 e. The number of hydrogen-bond acceptors (Lipinski definition) is 5. The van der Waals surface area contributed by atoms with Crippen molar-refractivity contribution in [3.05, 3.63) is 0 Å². The molecule has 0 aromatic rings. The highest BCUT2D eigenvalue weighted by molar-refractivity contribution is 5.92. The van der Waals surface area contributed by atoms with Crippen molar-refractivity contribution < 1.29 is 23.9 Å². The van der Waals surface area contributed by atoms with Gasteiger partial charge in [-0.15, -0.1) is 0 Å². The molecule has 0 saturated heterocycles. The lowest BCUT2D eigenvalue weighted by molar-refractivity contribution is -0.131. The molecule has 0 rings (SSSR count).